The number of benzene rings is 1. The maximum absolute atomic E-state index is 13.5. The number of rotatable bonds is 1. The molecular formula is C14H13F2N3OS. The zero-order valence-electron chi connectivity index (χ0n) is 11.4. The molecule has 2 atom stereocenters. The van der Waals surface area contributed by atoms with Crippen LogP contribution < -0.4 is 5.32 Å². The Bertz CT molecular complexity index is 696. The molecule has 21 heavy (non-hydrogen) atoms. The number of halogens is 2. The van der Waals surface area contributed by atoms with Crippen LogP contribution >= 0.6 is 11.8 Å². The summed E-state index contributed by atoms with van der Waals surface area (Å²) in [5.41, 5.74) is 2.00. The van der Waals surface area contributed by atoms with Crippen LogP contribution in [0.3, 0.4) is 0 Å². The Kier molecular flexibility index (Phi) is 3.44. The molecule has 1 aromatic heterocycles. The number of amides is 1. The molecular weight excluding hydrogens is 296 g/mol. The molecule has 2 unspecified atom stereocenters. The van der Waals surface area contributed by atoms with E-state index in [-0.39, 0.29) is 16.4 Å². The molecule has 1 aliphatic heterocycles. The van der Waals surface area contributed by atoms with E-state index in [0.29, 0.717) is 11.4 Å². The molecule has 0 saturated carbocycles. The van der Waals surface area contributed by atoms with Gasteiger partial charge in [-0.25, -0.2) is 8.78 Å². The molecule has 0 saturated heterocycles. The van der Waals surface area contributed by atoms with Gasteiger partial charge < -0.3 is 5.32 Å². The van der Waals surface area contributed by atoms with Crippen molar-refractivity contribution in [3.63, 3.8) is 0 Å². The smallest absolute Gasteiger partial charge is 0.238 e. The standard InChI is InChI=1S/C14H13F2N3OS/c1-6-11-12(8-3-9(15)5-10(16)4-8)21-7(2)14(20)17-13(11)19-18-6/h3-5,7,12H,1-2H3,(H2,17,18,19,20). The quantitative estimate of drug-likeness (QED) is 0.851. The Morgan fingerprint density at radius 2 is 1.90 bits per heavy atom. The molecule has 1 amide bonds. The zero-order chi connectivity index (χ0) is 15.1. The van der Waals surface area contributed by atoms with Crippen molar-refractivity contribution in [1.82, 2.24) is 10.2 Å². The number of thioether (sulfide) groups is 1. The van der Waals surface area contributed by atoms with Crippen LogP contribution in [0.5, 0.6) is 0 Å². The number of anilines is 1. The molecule has 3 rings (SSSR count). The fraction of sp³-hybridized carbons (Fsp3) is 0.286. The first-order valence-electron chi connectivity index (χ1n) is 6.43. The third kappa shape index (κ3) is 2.53. The van der Waals surface area contributed by atoms with E-state index >= 15 is 0 Å². The van der Waals surface area contributed by atoms with E-state index in [1.54, 1.807) is 6.92 Å². The van der Waals surface area contributed by atoms with Gasteiger partial charge in [-0.3, -0.25) is 9.89 Å². The summed E-state index contributed by atoms with van der Waals surface area (Å²) in [5.74, 6) is -1.02. The number of carbonyl (C=O) groups excluding carboxylic acids is 1. The van der Waals surface area contributed by atoms with E-state index in [9.17, 15) is 13.6 Å². The number of carbonyl (C=O) groups is 1. The lowest BCUT2D eigenvalue weighted by atomic mass is 10.0. The fourth-order valence-corrected chi connectivity index (χ4v) is 3.69. The van der Waals surface area contributed by atoms with Crippen molar-refractivity contribution in [2.24, 2.45) is 0 Å². The summed E-state index contributed by atoms with van der Waals surface area (Å²) < 4.78 is 27.0. The van der Waals surface area contributed by atoms with Crippen molar-refractivity contribution < 1.29 is 13.6 Å². The van der Waals surface area contributed by atoms with Gasteiger partial charge in [0.05, 0.1) is 10.5 Å². The molecule has 2 N–H and O–H groups in total. The summed E-state index contributed by atoms with van der Waals surface area (Å²) in [6.45, 7) is 3.57. The van der Waals surface area contributed by atoms with Crippen LogP contribution in [0.4, 0.5) is 14.6 Å². The highest BCUT2D eigenvalue weighted by Crippen LogP contribution is 2.44. The SMILES string of the molecule is Cc1[nH]nc2c1C(c1cc(F)cc(F)c1)SC(C)C(=O)N2. The van der Waals surface area contributed by atoms with Gasteiger partial charge in [-0.05, 0) is 31.5 Å². The summed E-state index contributed by atoms with van der Waals surface area (Å²) in [4.78, 5) is 12.0. The van der Waals surface area contributed by atoms with E-state index in [4.69, 9.17) is 0 Å². The minimum atomic E-state index is -0.635. The van der Waals surface area contributed by atoms with Crippen LogP contribution in [0.25, 0.3) is 0 Å². The van der Waals surface area contributed by atoms with Gasteiger partial charge in [0.1, 0.15) is 11.6 Å². The Labute approximate surface area is 124 Å². The van der Waals surface area contributed by atoms with Crippen LogP contribution in [-0.2, 0) is 4.79 Å². The van der Waals surface area contributed by atoms with Crippen LogP contribution in [0.2, 0.25) is 0 Å². The van der Waals surface area contributed by atoms with Crippen molar-refractivity contribution >= 4 is 23.5 Å². The second-order valence-electron chi connectivity index (χ2n) is 4.96. The Morgan fingerprint density at radius 3 is 2.57 bits per heavy atom. The molecule has 0 bridgehead atoms. The van der Waals surface area contributed by atoms with Crippen LogP contribution in [-0.4, -0.2) is 21.4 Å². The maximum Gasteiger partial charge on any atom is 0.238 e. The van der Waals surface area contributed by atoms with Gasteiger partial charge in [0.15, 0.2) is 5.82 Å². The lowest BCUT2D eigenvalue weighted by Crippen LogP contribution is -2.21. The van der Waals surface area contributed by atoms with Crippen molar-refractivity contribution in [1.29, 1.82) is 0 Å². The van der Waals surface area contributed by atoms with E-state index in [2.05, 4.69) is 15.5 Å². The van der Waals surface area contributed by atoms with Gasteiger partial charge in [-0.15, -0.1) is 11.8 Å². The number of H-pyrrole nitrogens is 1. The summed E-state index contributed by atoms with van der Waals surface area (Å²) in [7, 11) is 0. The number of hydrogen-bond donors (Lipinski definition) is 2. The first-order valence-corrected chi connectivity index (χ1v) is 7.37. The highest BCUT2D eigenvalue weighted by Gasteiger charge is 2.32. The Morgan fingerprint density at radius 1 is 1.24 bits per heavy atom. The second-order valence-corrected chi connectivity index (χ2v) is 6.41. The van der Waals surface area contributed by atoms with Crippen molar-refractivity contribution in [2.45, 2.75) is 24.3 Å². The molecule has 0 aliphatic carbocycles. The predicted octanol–water partition coefficient (Wildman–Crippen LogP) is 3.16. The first-order chi connectivity index (χ1) is 9.95. The third-order valence-corrected chi connectivity index (χ3v) is 4.80. The van der Waals surface area contributed by atoms with Gasteiger partial charge in [-0.1, -0.05) is 0 Å². The summed E-state index contributed by atoms with van der Waals surface area (Å²) in [6.07, 6.45) is 0. The van der Waals surface area contributed by atoms with Crippen LogP contribution in [0, 0.1) is 18.6 Å². The molecule has 110 valence electrons. The number of aromatic nitrogens is 2. The first kappa shape index (κ1) is 14.1. The molecule has 2 heterocycles. The van der Waals surface area contributed by atoms with Crippen LogP contribution in [0.15, 0.2) is 18.2 Å². The molecule has 4 nitrogen and oxygen atoms in total. The fourth-order valence-electron chi connectivity index (χ4n) is 2.38. The third-order valence-electron chi connectivity index (χ3n) is 3.40. The maximum atomic E-state index is 13.5. The molecule has 0 spiro atoms. The molecule has 7 heteroatoms. The average molecular weight is 309 g/mol. The van der Waals surface area contributed by atoms with Crippen molar-refractivity contribution in [2.75, 3.05) is 5.32 Å². The minimum absolute atomic E-state index is 0.174. The number of aromatic amines is 1. The summed E-state index contributed by atoms with van der Waals surface area (Å²) in [6, 6.07) is 3.42. The Balaban J connectivity index is 2.15. The molecule has 0 fully saturated rings. The largest absolute Gasteiger partial charge is 0.308 e. The molecule has 0 radical (unpaired) electrons. The predicted molar refractivity (Wildman–Crippen MR) is 77.2 cm³/mol. The van der Waals surface area contributed by atoms with Gasteiger partial charge in [0.25, 0.3) is 0 Å². The highest BCUT2D eigenvalue weighted by molar-refractivity contribution is 8.01. The van der Waals surface area contributed by atoms with Gasteiger partial charge in [0, 0.05) is 17.3 Å². The van der Waals surface area contributed by atoms with Gasteiger partial charge >= 0.3 is 0 Å². The number of nitrogens with one attached hydrogen (secondary N) is 2. The normalized spacial score (nSPS) is 21.6. The van der Waals surface area contributed by atoms with Gasteiger partial charge in [0.2, 0.25) is 5.91 Å². The number of nitrogens with zero attached hydrogens (tertiary/aromatic N) is 1. The van der Waals surface area contributed by atoms with Gasteiger partial charge in [-0.2, -0.15) is 5.10 Å². The number of hydrogen-bond acceptors (Lipinski definition) is 3. The summed E-state index contributed by atoms with van der Waals surface area (Å²) >= 11 is 1.34. The van der Waals surface area contributed by atoms with Crippen LogP contribution in [0.1, 0.15) is 29.0 Å². The van der Waals surface area contributed by atoms with Crippen molar-refractivity contribution in [3.05, 3.63) is 46.7 Å². The highest BCUT2D eigenvalue weighted by atomic mass is 32.2. The number of aryl methyl sites for hydroxylation is 1. The number of fused-ring (bicyclic) bond motifs is 1. The minimum Gasteiger partial charge on any atom is -0.308 e. The van der Waals surface area contributed by atoms with E-state index in [0.717, 1.165) is 17.3 Å². The van der Waals surface area contributed by atoms with E-state index < -0.39 is 11.6 Å². The topological polar surface area (TPSA) is 57.8 Å². The van der Waals surface area contributed by atoms with E-state index in [1.807, 2.05) is 6.92 Å². The zero-order valence-corrected chi connectivity index (χ0v) is 12.2. The second kappa shape index (κ2) is 5.14. The lowest BCUT2D eigenvalue weighted by Gasteiger charge is -2.17. The molecule has 2 aromatic rings. The lowest BCUT2D eigenvalue weighted by molar-refractivity contribution is -0.115. The molecule has 1 aliphatic rings. The van der Waals surface area contributed by atoms with Crippen molar-refractivity contribution in [3.8, 4) is 0 Å². The monoisotopic (exact) mass is 309 g/mol. The van der Waals surface area contributed by atoms with E-state index in [1.165, 1.54) is 23.9 Å². The average Bonchev–Trinajstić information content (AvgIpc) is 2.69. The molecule has 1 aromatic carbocycles. The Hall–Kier alpha value is -1.89. The summed E-state index contributed by atoms with van der Waals surface area (Å²) in [5, 5.41) is 8.89.